The lowest BCUT2D eigenvalue weighted by atomic mass is 9.70. The summed E-state index contributed by atoms with van der Waals surface area (Å²) < 4.78 is 0. The molecule has 0 aliphatic heterocycles. The van der Waals surface area contributed by atoms with E-state index in [0.717, 1.165) is 24.9 Å². The van der Waals surface area contributed by atoms with E-state index in [1.165, 1.54) is 38.6 Å². The van der Waals surface area contributed by atoms with Gasteiger partial charge in [-0.05, 0) is 62.3 Å². The Bertz CT molecular complexity index is 283. The van der Waals surface area contributed by atoms with Crippen LogP contribution in [0, 0.1) is 17.3 Å². The van der Waals surface area contributed by atoms with Crippen molar-refractivity contribution in [3.8, 4) is 0 Å². The minimum Gasteiger partial charge on any atom is -0.393 e. The quantitative estimate of drug-likeness (QED) is 0.793. The van der Waals surface area contributed by atoms with Crippen LogP contribution in [0.1, 0.15) is 66.2 Å². The van der Waals surface area contributed by atoms with Gasteiger partial charge in [-0.2, -0.15) is 0 Å². The van der Waals surface area contributed by atoms with Crippen molar-refractivity contribution in [2.24, 2.45) is 17.3 Å². The first kappa shape index (κ1) is 15.3. The summed E-state index contributed by atoms with van der Waals surface area (Å²) >= 11 is 0. The summed E-state index contributed by atoms with van der Waals surface area (Å²) in [5.41, 5.74) is 0.428. The molecule has 112 valence electrons. The third-order valence-electron chi connectivity index (χ3n) is 5.00. The van der Waals surface area contributed by atoms with Gasteiger partial charge < -0.3 is 10.0 Å². The average Bonchev–Trinajstić information content (AvgIpc) is 3.12. The van der Waals surface area contributed by atoms with E-state index in [9.17, 15) is 5.11 Å². The van der Waals surface area contributed by atoms with Crippen LogP contribution < -0.4 is 0 Å². The molecule has 0 saturated heterocycles. The molecule has 1 N–H and O–H groups in total. The van der Waals surface area contributed by atoms with Crippen LogP contribution in [0.2, 0.25) is 0 Å². The lowest BCUT2D eigenvalue weighted by Gasteiger charge is -2.41. The minimum absolute atomic E-state index is 0.0617. The van der Waals surface area contributed by atoms with Crippen LogP contribution in [0.4, 0.5) is 0 Å². The zero-order valence-electron chi connectivity index (χ0n) is 13.4. The summed E-state index contributed by atoms with van der Waals surface area (Å²) in [6.07, 6.45) is 7.37. The van der Waals surface area contributed by atoms with Gasteiger partial charge >= 0.3 is 0 Å². The first-order valence-corrected chi connectivity index (χ1v) is 8.29. The highest BCUT2D eigenvalue weighted by Gasteiger charge is 2.37. The van der Waals surface area contributed by atoms with Crippen LogP contribution in [0.15, 0.2) is 0 Å². The second-order valence-electron chi connectivity index (χ2n) is 8.14. The molecule has 2 fully saturated rings. The molecular weight excluding hydrogens is 234 g/mol. The molecule has 0 bridgehead atoms. The fourth-order valence-electron chi connectivity index (χ4n) is 3.50. The summed E-state index contributed by atoms with van der Waals surface area (Å²) in [6, 6.07) is 0.830. The summed E-state index contributed by atoms with van der Waals surface area (Å²) in [7, 11) is 0. The van der Waals surface area contributed by atoms with Crippen LogP contribution >= 0.6 is 0 Å². The number of aliphatic hydroxyl groups excluding tert-OH is 1. The number of aliphatic hydroxyl groups is 1. The molecule has 0 spiro atoms. The molecule has 2 aliphatic carbocycles. The van der Waals surface area contributed by atoms with Gasteiger partial charge in [0.15, 0.2) is 0 Å². The van der Waals surface area contributed by atoms with E-state index in [2.05, 4.69) is 32.6 Å². The molecule has 2 nitrogen and oxygen atoms in total. The van der Waals surface area contributed by atoms with Crippen molar-refractivity contribution in [3.63, 3.8) is 0 Å². The van der Waals surface area contributed by atoms with Gasteiger partial charge in [-0.3, -0.25) is 0 Å². The topological polar surface area (TPSA) is 23.5 Å². The van der Waals surface area contributed by atoms with Crippen LogP contribution in [0.3, 0.4) is 0 Å². The SMILES string of the molecule is CC(C)CCN(CC1CC(C)(C)CCC1O)C1CC1. The van der Waals surface area contributed by atoms with Gasteiger partial charge in [0.05, 0.1) is 6.10 Å². The predicted octanol–water partition coefficient (Wildman–Crippen LogP) is 3.68. The number of nitrogens with zero attached hydrogens (tertiary/aromatic N) is 1. The molecule has 0 aromatic rings. The highest BCUT2D eigenvalue weighted by molar-refractivity contribution is 4.91. The van der Waals surface area contributed by atoms with Crippen molar-refractivity contribution in [3.05, 3.63) is 0 Å². The van der Waals surface area contributed by atoms with E-state index in [4.69, 9.17) is 0 Å². The summed E-state index contributed by atoms with van der Waals surface area (Å²) in [6.45, 7) is 11.7. The number of rotatable bonds is 6. The first-order chi connectivity index (χ1) is 8.87. The molecule has 2 aliphatic rings. The standard InChI is InChI=1S/C17H33NO/c1-13(2)8-10-18(15-5-6-15)12-14-11-17(3,4)9-7-16(14)19/h13-16,19H,5-12H2,1-4H3. The molecule has 0 amide bonds. The monoisotopic (exact) mass is 267 g/mol. The van der Waals surface area contributed by atoms with Gasteiger partial charge in [0.25, 0.3) is 0 Å². The number of hydrogen-bond donors (Lipinski definition) is 1. The van der Waals surface area contributed by atoms with Crippen LogP contribution in [0.5, 0.6) is 0 Å². The van der Waals surface area contributed by atoms with Crippen molar-refractivity contribution in [2.45, 2.75) is 78.4 Å². The summed E-state index contributed by atoms with van der Waals surface area (Å²) in [5, 5.41) is 10.3. The average molecular weight is 267 g/mol. The van der Waals surface area contributed by atoms with Gasteiger partial charge in [0.2, 0.25) is 0 Å². The molecule has 0 aromatic heterocycles. The Kier molecular flexibility index (Phi) is 4.94. The maximum absolute atomic E-state index is 10.3. The predicted molar refractivity (Wildman–Crippen MR) is 81.2 cm³/mol. The maximum Gasteiger partial charge on any atom is 0.0581 e. The van der Waals surface area contributed by atoms with Crippen molar-refractivity contribution in [1.29, 1.82) is 0 Å². The van der Waals surface area contributed by atoms with E-state index < -0.39 is 0 Å². The molecule has 2 heteroatoms. The highest BCUT2D eigenvalue weighted by atomic mass is 16.3. The summed E-state index contributed by atoms with van der Waals surface area (Å²) in [5.74, 6) is 1.28. The van der Waals surface area contributed by atoms with Crippen LogP contribution in [-0.4, -0.2) is 35.2 Å². The second-order valence-corrected chi connectivity index (χ2v) is 8.14. The van der Waals surface area contributed by atoms with Gasteiger partial charge in [0.1, 0.15) is 0 Å². The molecule has 2 rings (SSSR count). The van der Waals surface area contributed by atoms with Gasteiger partial charge in [-0.1, -0.05) is 27.7 Å². The molecule has 2 saturated carbocycles. The van der Waals surface area contributed by atoms with E-state index in [1.54, 1.807) is 0 Å². The Hall–Kier alpha value is -0.0800. The Balaban J connectivity index is 1.88. The zero-order chi connectivity index (χ0) is 14.0. The molecule has 2 atom stereocenters. The Morgan fingerprint density at radius 1 is 1.21 bits per heavy atom. The van der Waals surface area contributed by atoms with E-state index in [1.807, 2.05) is 0 Å². The zero-order valence-corrected chi connectivity index (χ0v) is 13.4. The van der Waals surface area contributed by atoms with Crippen molar-refractivity contribution >= 4 is 0 Å². The lowest BCUT2D eigenvalue weighted by molar-refractivity contribution is 0.00232. The minimum atomic E-state index is -0.0617. The largest absolute Gasteiger partial charge is 0.393 e. The lowest BCUT2D eigenvalue weighted by Crippen LogP contribution is -2.42. The van der Waals surface area contributed by atoms with Gasteiger partial charge in [0, 0.05) is 12.6 Å². The molecule has 0 radical (unpaired) electrons. The van der Waals surface area contributed by atoms with Crippen LogP contribution in [0.25, 0.3) is 0 Å². The van der Waals surface area contributed by atoms with Crippen molar-refractivity contribution in [2.75, 3.05) is 13.1 Å². The number of hydrogen-bond acceptors (Lipinski definition) is 2. The maximum atomic E-state index is 10.3. The fraction of sp³-hybridized carbons (Fsp3) is 1.00. The Morgan fingerprint density at radius 3 is 2.47 bits per heavy atom. The summed E-state index contributed by atoms with van der Waals surface area (Å²) in [4.78, 5) is 2.68. The third-order valence-corrected chi connectivity index (χ3v) is 5.00. The molecule has 0 aromatic carbocycles. The Labute approximate surface area is 119 Å². The van der Waals surface area contributed by atoms with Crippen molar-refractivity contribution < 1.29 is 5.11 Å². The Morgan fingerprint density at radius 2 is 1.89 bits per heavy atom. The van der Waals surface area contributed by atoms with Gasteiger partial charge in [-0.25, -0.2) is 0 Å². The third kappa shape index (κ3) is 4.75. The van der Waals surface area contributed by atoms with Gasteiger partial charge in [-0.15, -0.1) is 0 Å². The molecule has 2 unspecified atom stereocenters. The highest BCUT2D eigenvalue weighted by Crippen LogP contribution is 2.40. The van der Waals surface area contributed by atoms with E-state index >= 15 is 0 Å². The smallest absolute Gasteiger partial charge is 0.0581 e. The van der Waals surface area contributed by atoms with E-state index in [0.29, 0.717) is 11.3 Å². The van der Waals surface area contributed by atoms with Crippen molar-refractivity contribution in [1.82, 2.24) is 4.90 Å². The molecule has 0 heterocycles. The second kappa shape index (κ2) is 6.13. The fourth-order valence-corrected chi connectivity index (χ4v) is 3.50. The molecular formula is C17H33NO. The molecule has 19 heavy (non-hydrogen) atoms. The normalized spacial score (nSPS) is 31.1. The first-order valence-electron chi connectivity index (χ1n) is 8.29. The van der Waals surface area contributed by atoms with E-state index in [-0.39, 0.29) is 6.10 Å². The van der Waals surface area contributed by atoms with Crippen LogP contribution in [-0.2, 0) is 0 Å².